The number of hydrogen-bond acceptors (Lipinski definition) is 4. The number of hydrogen-bond donors (Lipinski definition) is 4. The maximum atomic E-state index is 13.6. The van der Waals surface area contributed by atoms with Gasteiger partial charge in [-0.15, -0.1) is 0 Å². The average molecular weight is 548 g/mol. The van der Waals surface area contributed by atoms with Gasteiger partial charge in [0.25, 0.3) is 0 Å². The number of halogens is 1. The van der Waals surface area contributed by atoms with Crippen molar-refractivity contribution in [1.82, 2.24) is 0 Å². The summed E-state index contributed by atoms with van der Waals surface area (Å²) < 4.78 is 25.6. The molecule has 9 heteroatoms. The predicted molar refractivity (Wildman–Crippen MR) is 146 cm³/mol. The van der Waals surface area contributed by atoms with Gasteiger partial charge >= 0.3 is 7.60 Å². The zero-order chi connectivity index (χ0) is 27.7. The Balaban J connectivity index is 1.48. The first-order chi connectivity index (χ1) is 18.6. The summed E-state index contributed by atoms with van der Waals surface area (Å²) in [6.07, 6.45) is -0.0335. The van der Waals surface area contributed by atoms with Crippen molar-refractivity contribution in [3.05, 3.63) is 114 Å². The number of benzene rings is 4. The zero-order valence-electron chi connectivity index (χ0n) is 20.8. The third kappa shape index (κ3) is 5.37. The first kappa shape index (κ1) is 26.8. The second-order valence-corrected chi connectivity index (χ2v) is 11.1. The summed E-state index contributed by atoms with van der Waals surface area (Å²) in [6, 6.07) is 25.0. The standard InChI is InChI=1S/C30H27FNO6P/c31-21-11-13-22(14-12-21)32-29(25(30(32)35)16-17-26(33)19-6-2-1-3-7-19)20-10-15-23(27(34)18-20)24-8-4-5-9-28(24)39(36,37)38/h1-15,18,25-26,29,33-34H,16-17H2,(H2,36,37,38)/t25?,26-,29?/m0/s1. The Hall–Kier alpha value is -3.81. The molecule has 1 amide bonds. The molecule has 0 aliphatic carbocycles. The van der Waals surface area contributed by atoms with E-state index in [2.05, 4.69) is 0 Å². The fraction of sp³-hybridized carbons (Fsp3) is 0.167. The van der Waals surface area contributed by atoms with Gasteiger partial charge in [-0.05, 0) is 60.4 Å². The van der Waals surface area contributed by atoms with Crippen LogP contribution in [0.1, 0.15) is 36.1 Å². The number of aromatic hydroxyl groups is 1. The molecule has 7 nitrogen and oxygen atoms in total. The van der Waals surface area contributed by atoms with Crippen molar-refractivity contribution in [2.75, 3.05) is 4.90 Å². The quantitative estimate of drug-likeness (QED) is 0.178. The fourth-order valence-corrected chi connectivity index (χ4v) is 5.98. The molecule has 4 aromatic carbocycles. The third-order valence-electron chi connectivity index (χ3n) is 7.13. The molecule has 200 valence electrons. The summed E-state index contributed by atoms with van der Waals surface area (Å²) >= 11 is 0. The highest BCUT2D eigenvalue weighted by Crippen LogP contribution is 2.48. The summed E-state index contributed by atoms with van der Waals surface area (Å²) in [5.74, 6) is -1.31. The van der Waals surface area contributed by atoms with Crippen molar-refractivity contribution in [1.29, 1.82) is 0 Å². The number of phenolic OH excluding ortho intramolecular Hbond substituents is 1. The highest BCUT2D eigenvalue weighted by molar-refractivity contribution is 7.60. The number of aliphatic hydroxyl groups is 1. The van der Waals surface area contributed by atoms with Gasteiger partial charge in [0, 0.05) is 16.8 Å². The minimum absolute atomic E-state index is 0.178. The van der Waals surface area contributed by atoms with Crippen LogP contribution in [0.5, 0.6) is 5.75 Å². The fourth-order valence-electron chi connectivity index (χ4n) is 5.20. The lowest BCUT2D eigenvalue weighted by atomic mass is 9.78. The van der Waals surface area contributed by atoms with Gasteiger partial charge in [0.05, 0.1) is 23.4 Å². The van der Waals surface area contributed by atoms with E-state index in [9.17, 15) is 33.7 Å². The topological polar surface area (TPSA) is 118 Å². The number of nitrogens with zero attached hydrogens (tertiary/aromatic N) is 1. The van der Waals surface area contributed by atoms with Crippen LogP contribution >= 0.6 is 7.60 Å². The number of aliphatic hydroxyl groups excluding tert-OH is 1. The van der Waals surface area contributed by atoms with Crippen LogP contribution in [0.15, 0.2) is 97.1 Å². The molecule has 1 heterocycles. The van der Waals surface area contributed by atoms with Crippen LogP contribution in [0, 0.1) is 11.7 Å². The van der Waals surface area contributed by atoms with Crippen molar-refractivity contribution < 1.29 is 33.7 Å². The van der Waals surface area contributed by atoms with Gasteiger partial charge in [-0.1, -0.05) is 60.7 Å². The van der Waals surface area contributed by atoms with E-state index in [-0.39, 0.29) is 28.1 Å². The van der Waals surface area contributed by atoms with Crippen LogP contribution < -0.4 is 10.2 Å². The maximum Gasteiger partial charge on any atom is 0.356 e. The largest absolute Gasteiger partial charge is 0.507 e. The van der Waals surface area contributed by atoms with Crippen molar-refractivity contribution >= 4 is 24.5 Å². The molecule has 1 fully saturated rings. The lowest BCUT2D eigenvalue weighted by molar-refractivity contribution is -0.131. The van der Waals surface area contributed by atoms with Gasteiger partial charge in [0.1, 0.15) is 11.6 Å². The number of carbonyl (C=O) groups excluding carboxylic acids is 1. The molecule has 39 heavy (non-hydrogen) atoms. The molecule has 0 saturated carbocycles. The molecule has 0 bridgehead atoms. The van der Waals surface area contributed by atoms with E-state index in [0.29, 0.717) is 24.1 Å². The van der Waals surface area contributed by atoms with Crippen LogP contribution in [-0.4, -0.2) is 25.9 Å². The summed E-state index contributed by atoms with van der Waals surface area (Å²) in [7, 11) is -4.60. The van der Waals surface area contributed by atoms with Crippen molar-refractivity contribution in [3.8, 4) is 16.9 Å². The minimum atomic E-state index is -4.60. The Morgan fingerprint density at radius 3 is 2.21 bits per heavy atom. The molecule has 4 N–H and O–H groups in total. The number of amides is 1. The van der Waals surface area contributed by atoms with Gasteiger partial charge in [-0.25, -0.2) is 4.39 Å². The molecule has 1 aliphatic heterocycles. The van der Waals surface area contributed by atoms with Gasteiger partial charge in [-0.2, -0.15) is 0 Å². The monoisotopic (exact) mass is 547 g/mol. The molecule has 5 rings (SSSR count). The maximum absolute atomic E-state index is 13.6. The molecule has 0 spiro atoms. The summed E-state index contributed by atoms with van der Waals surface area (Å²) in [5, 5.41) is 21.4. The molecule has 1 aliphatic rings. The number of rotatable bonds is 8. The minimum Gasteiger partial charge on any atom is -0.507 e. The van der Waals surface area contributed by atoms with Crippen LogP contribution in [-0.2, 0) is 9.36 Å². The molecule has 2 unspecified atom stereocenters. The van der Waals surface area contributed by atoms with Crippen LogP contribution in [0.3, 0.4) is 0 Å². The molecule has 1 saturated heterocycles. The first-order valence-corrected chi connectivity index (χ1v) is 14.1. The molecule has 0 radical (unpaired) electrons. The molecule has 4 aromatic rings. The Kier molecular flexibility index (Phi) is 7.38. The highest BCUT2D eigenvalue weighted by atomic mass is 31.2. The van der Waals surface area contributed by atoms with Crippen molar-refractivity contribution in [2.45, 2.75) is 25.0 Å². The van der Waals surface area contributed by atoms with E-state index >= 15 is 0 Å². The van der Waals surface area contributed by atoms with Gasteiger partial charge in [0.15, 0.2) is 0 Å². The Morgan fingerprint density at radius 1 is 0.872 bits per heavy atom. The lowest BCUT2D eigenvalue weighted by Crippen LogP contribution is -2.55. The predicted octanol–water partition coefficient (Wildman–Crippen LogP) is 5.22. The van der Waals surface area contributed by atoms with E-state index in [1.807, 2.05) is 30.3 Å². The normalized spacial score (nSPS) is 18.1. The lowest BCUT2D eigenvalue weighted by Gasteiger charge is -2.48. The Bertz CT molecular complexity index is 1540. The molecule has 0 aromatic heterocycles. The second kappa shape index (κ2) is 10.8. The third-order valence-corrected chi connectivity index (χ3v) is 8.14. The van der Waals surface area contributed by atoms with E-state index < -0.39 is 31.5 Å². The van der Waals surface area contributed by atoms with E-state index in [1.54, 1.807) is 18.2 Å². The van der Waals surface area contributed by atoms with E-state index in [4.69, 9.17) is 0 Å². The Labute approximate surface area is 225 Å². The second-order valence-electron chi connectivity index (χ2n) is 9.58. The number of β-lactam (4-membered cyclic amide) rings is 1. The van der Waals surface area contributed by atoms with Gasteiger partial charge in [-0.3, -0.25) is 9.36 Å². The van der Waals surface area contributed by atoms with E-state index in [0.717, 1.165) is 5.56 Å². The summed E-state index contributed by atoms with van der Waals surface area (Å²) in [5.41, 5.74) is 2.31. The van der Waals surface area contributed by atoms with E-state index in [1.165, 1.54) is 53.4 Å². The highest BCUT2D eigenvalue weighted by Gasteiger charge is 2.48. The average Bonchev–Trinajstić information content (AvgIpc) is 2.92. The molecular weight excluding hydrogens is 520 g/mol. The van der Waals surface area contributed by atoms with Crippen LogP contribution in [0.25, 0.3) is 11.1 Å². The number of anilines is 1. The van der Waals surface area contributed by atoms with Crippen molar-refractivity contribution in [2.24, 2.45) is 5.92 Å². The SMILES string of the molecule is O=C1C(CC[C@H](O)c2ccccc2)C(c2ccc(-c3ccccc3P(=O)(O)O)c(O)c2)N1c1ccc(F)cc1. The first-order valence-electron chi connectivity index (χ1n) is 12.4. The van der Waals surface area contributed by atoms with Gasteiger partial charge < -0.3 is 24.9 Å². The zero-order valence-corrected chi connectivity index (χ0v) is 21.7. The molecule has 3 atom stereocenters. The van der Waals surface area contributed by atoms with Crippen LogP contribution in [0.4, 0.5) is 10.1 Å². The smallest absolute Gasteiger partial charge is 0.356 e. The summed E-state index contributed by atoms with van der Waals surface area (Å²) in [6.45, 7) is 0. The molecular formula is C30H27FNO6P. The number of phenols is 1. The number of carbonyl (C=O) groups is 1. The summed E-state index contributed by atoms with van der Waals surface area (Å²) in [4.78, 5) is 34.4. The van der Waals surface area contributed by atoms with Crippen molar-refractivity contribution in [3.63, 3.8) is 0 Å². The van der Waals surface area contributed by atoms with Crippen LogP contribution in [0.2, 0.25) is 0 Å². The Morgan fingerprint density at radius 2 is 1.54 bits per heavy atom. The van der Waals surface area contributed by atoms with Gasteiger partial charge in [0.2, 0.25) is 5.91 Å².